The largest absolute Gasteiger partial charge is 0.379 e. The van der Waals surface area contributed by atoms with Gasteiger partial charge in [0.2, 0.25) is 0 Å². The summed E-state index contributed by atoms with van der Waals surface area (Å²) in [7, 11) is 0. The Hall–Kier alpha value is -2.00. The van der Waals surface area contributed by atoms with E-state index in [4.69, 9.17) is 23.8 Å². The molecular formula is C17H22FN5OS2. The van der Waals surface area contributed by atoms with E-state index in [1.54, 1.807) is 6.07 Å². The van der Waals surface area contributed by atoms with Crippen LogP contribution in [0.4, 0.5) is 10.1 Å². The number of hydrogen-bond acceptors (Lipinski definition) is 7. The van der Waals surface area contributed by atoms with Crippen LogP contribution in [-0.4, -0.2) is 27.4 Å². The lowest BCUT2D eigenvalue weighted by molar-refractivity contribution is -0.110. The van der Waals surface area contributed by atoms with Gasteiger partial charge in [-0.1, -0.05) is 37.8 Å². The normalized spacial score (nSPS) is 20.7. The predicted octanol–water partition coefficient (Wildman–Crippen LogP) is 2.77. The van der Waals surface area contributed by atoms with E-state index in [-0.39, 0.29) is 10.8 Å². The van der Waals surface area contributed by atoms with Gasteiger partial charge in [0.15, 0.2) is 5.17 Å². The molecule has 0 bridgehead atoms. The fourth-order valence-corrected chi connectivity index (χ4v) is 3.98. The van der Waals surface area contributed by atoms with Crippen LogP contribution in [0.5, 0.6) is 0 Å². The van der Waals surface area contributed by atoms with Crippen molar-refractivity contribution in [2.75, 3.05) is 11.1 Å². The standard InChI is InChI=1S/C17H22FN5OS2/c1-9(2)13(23-20)14(25)15(24)21-10-4-5-12(18)11(8-10)17(3)6-7-26-16(19)22-17/h4-5,8-9H,6-7,20H2,1-3H3,(H2,19,22)(H,21,24)/t17-/m0/s1. The van der Waals surface area contributed by atoms with Crippen molar-refractivity contribution < 1.29 is 9.18 Å². The molecule has 9 heteroatoms. The molecule has 1 aliphatic rings. The second-order valence-electron chi connectivity index (χ2n) is 6.47. The minimum atomic E-state index is -0.775. The molecule has 5 N–H and O–H groups in total. The summed E-state index contributed by atoms with van der Waals surface area (Å²) in [4.78, 5) is 16.8. The van der Waals surface area contributed by atoms with Crippen LogP contribution in [-0.2, 0) is 10.3 Å². The maximum absolute atomic E-state index is 14.4. The number of anilines is 1. The molecule has 0 aliphatic carbocycles. The van der Waals surface area contributed by atoms with Gasteiger partial charge in [-0.05, 0) is 37.5 Å². The number of nitrogens with zero attached hydrogens (tertiary/aromatic N) is 2. The summed E-state index contributed by atoms with van der Waals surface area (Å²) < 4.78 is 14.4. The van der Waals surface area contributed by atoms with Gasteiger partial charge in [-0.15, -0.1) is 0 Å². The van der Waals surface area contributed by atoms with Gasteiger partial charge in [0, 0.05) is 17.0 Å². The molecule has 0 fully saturated rings. The van der Waals surface area contributed by atoms with Gasteiger partial charge in [0.25, 0.3) is 5.91 Å². The van der Waals surface area contributed by atoms with E-state index in [0.29, 0.717) is 28.6 Å². The number of halogens is 1. The highest BCUT2D eigenvalue weighted by Gasteiger charge is 2.32. The molecule has 1 aromatic rings. The average molecular weight is 396 g/mol. The van der Waals surface area contributed by atoms with Crippen LogP contribution in [0.1, 0.15) is 32.8 Å². The monoisotopic (exact) mass is 395 g/mol. The molecule has 1 aliphatic heterocycles. The molecule has 1 amide bonds. The maximum atomic E-state index is 14.4. The summed E-state index contributed by atoms with van der Waals surface area (Å²) in [6, 6.07) is 4.34. The number of thioether (sulfide) groups is 1. The number of hydrogen-bond donors (Lipinski definition) is 3. The number of benzene rings is 1. The maximum Gasteiger partial charge on any atom is 0.268 e. The van der Waals surface area contributed by atoms with Gasteiger partial charge in [-0.3, -0.25) is 9.79 Å². The van der Waals surface area contributed by atoms with Crippen molar-refractivity contribution in [3.05, 3.63) is 29.6 Å². The van der Waals surface area contributed by atoms with E-state index in [0.717, 1.165) is 5.75 Å². The van der Waals surface area contributed by atoms with Crippen LogP contribution in [0.3, 0.4) is 0 Å². The van der Waals surface area contributed by atoms with E-state index in [9.17, 15) is 9.18 Å². The Bertz CT molecular complexity index is 793. The minimum absolute atomic E-state index is 0.0101. The Morgan fingerprint density at radius 3 is 2.77 bits per heavy atom. The van der Waals surface area contributed by atoms with Gasteiger partial charge < -0.3 is 16.9 Å². The number of nitrogens with two attached hydrogens (primary N) is 2. The van der Waals surface area contributed by atoms with Crippen molar-refractivity contribution >= 4 is 51.3 Å². The minimum Gasteiger partial charge on any atom is -0.379 e. The third kappa shape index (κ3) is 4.39. The highest BCUT2D eigenvalue weighted by Crippen LogP contribution is 2.37. The molecule has 1 heterocycles. The zero-order valence-corrected chi connectivity index (χ0v) is 16.5. The molecule has 1 aromatic carbocycles. The highest BCUT2D eigenvalue weighted by atomic mass is 32.2. The zero-order valence-electron chi connectivity index (χ0n) is 14.9. The molecule has 0 radical (unpaired) electrons. The van der Waals surface area contributed by atoms with Crippen LogP contribution < -0.4 is 16.9 Å². The van der Waals surface area contributed by atoms with Crippen LogP contribution in [0.25, 0.3) is 0 Å². The van der Waals surface area contributed by atoms with E-state index >= 15 is 0 Å². The highest BCUT2D eigenvalue weighted by molar-refractivity contribution is 8.13. The van der Waals surface area contributed by atoms with Crippen molar-refractivity contribution in [1.29, 1.82) is 0 Å². The Balaban J connectivity index is 2.29. The van der Waals surface area contributed by atoms with Crippen LogP contribution >= 0.6 is 24.0 Å². The molecular weight excluding hydrogens is 373 g/mol. The Morgan fingerprint density at radius 2 is 2.19 bits per heavy atom. The van der Waals surface area contributed by atoms with Crippen LogP contribution in [0.15, 0.2) is 28.3 Å². The first kappa shape index (κ1) is 20.3. The van der Waals surface area contributed by atoms with Crippen LogP contribution in [0.2, 0.25) is 0 Å². The molecule has 6 nitrogen and oxygen atoms in total. The number of carbonyl (C=O) groups is 1. The number of amidine groups is 1. The Labute approximate surface area is 161 Å². The van der Waals surface area contributed by atoms with Crippen molar-refractivity contribution in [2.45, 2.75) is 32.7 Å². The molecule has 140 valence electrons. The summed E-state index contributed by atoms with van der Waals surface area (Å²) in [5.74, 6) is 5.07. The Kier molecular flexibility index (Phi) is 6.35. The molecule has 0 saturated heterocycles. The first-order valence-electron chi connectivity index (χ1n) is 8.09. The number of thiocarbonyl (C=S) groups is 1. The molecule has 2 rings (SSSR count). The number of aliphatic imine (C=N–C) groups is 1. The van der Waals surface area contributed by atoms with Crippen molar-refractivity contribution in [2.24, 2.45) is 27.6 Å². The molecule has 1 atom stereocenters. The molecule has 0 unspecified atom stereocenters. The fraction of sp³-hybridized carbons (Fsp3) is 0.412. The molecule has 0 aromatic heterocycles. The lowest BCUT2D eigenvalue weighted by atomic mass is 9.89. The van der Waals surface area contributed by atoms with Crippen LogP contribution in [0, 0.1) is 11.7 Å². The smallest absolute Gasteiger partial charge is 0.268 e. The third-order valence-corrected chi connectivity index (χ3v) is 5.31. The molecule has 0 spiro atoms. The lowest BCUT2D eigenvalue weighted by Crippen LogP contribution is -2.32. The van der Waals surface area contributed by atoms with Gasteiger partial charge in [-0.25, -0.2) is 4.39 Å². The quantitative estimate of drug-likeness (QED) is 0.308. The van der Waals surface area contributed by atoms with Crippen molar-refractivity contribution in [3.63, 3.8) is 0 Å². The zero-order chi connectivity index (χ0) is 19.5. The number of amides is 1. The average Bonchev–Trinajstić information content (AvgIpc) is 2.56. The number of hydrazone groups is 1. The van der Waals surface area contributed by atoms with E-state index < -0.39 is 17.3 Å². The van der Waals surface area contributed by atoms with Gasteiger partial charge in [0.1, 0.15) is 10.7 Å². The number of rotatable bonds is 5. The third-order valence-electron chi connectivity index (χ3n) is 4.13. The predicted molar refractivity (Wildman–Crippen MR) is 110 cm³/mol. The Morgan fingerprint density at radius 1 is 1.50 bits per heavy atom. The van der Waals surface area contributed by atoms with Crippen molar-refractivity contribution in [1.82, 2.24) is 0 Å². The fourth-order valence-electron chi connectivity index (χ4n) is 2.67. The van der Waals surface area contributed by atoms with Gasteiger partial charge in [0.05, 0.1) is 11.3 Å². The first-order chi connectivity index (χ1) is 12.2. The lowest BCUT2D eigenvalue weighted by Gasteiger charge is -2.30. The first-order valence-corrected chi connectivity index (χ1v) is 9.49. The second kappa shape index (κ2) is 8.13. The summed E-state index contributed by atoms with van der Waals surface area (Å²) in [6.07, 6.45) is 0.641. The summed E-state index contributed by atoms with van der Waals surface area (Å²) in [5, 5.41) is 6.70. The second-order valence-corrected chi connectivity index (χ2v) is 7.99. The van der Waals surface area contributed by atoms with Crippen molar-refractivity contribution in [3.8, 4) is 0 Å². The summed E-state index contributed by atoms with van der Waals surface area (Å²) in [6.45, 7) is 5.50. The molecule has 26 heavy (non-hydrogen) atoms. The van der Waals surface area contributed by atoms with Gasteiger partial charge >= 0.3 is 0 Å². The van der Waals surface area contributed by atoms with E-state index in [1.807, 2.05) is 20.8 Å². The van der Waals surface area contributed by atoms with E-state index in [2.05, 4.69) is 15.4 Å². The summed E-state index contributed by atoms with van der Waals surface area (Å²) in [5.41, 5.74) is 6.17. The number of nitrogens with one attached hydrogen (secondary N) is 1. The van der Waals surface area contributed by atoms with Gasteiger partial charge in [-0.2, -0.15) is 5.10 Å². The molecule has 0 saturated carbocycles. The SMILES string of the molecule is CC(C)C(=NN)C(=S)C(=O)Nc1ccc(F)c([C@]2(C)CCSC(N)=N2)c1. The summed E-state index contributed by atoms with van der Waals surface area (Å²) >= 11 is 6.60. The number of carbonyl (C=O) groups excluding carboxylic acids is 1. The topological polar surface area (TPSA) is 106 Å². The van der Waals surface area contributed by atoms with E-state index in [1.165, 1.54) is 23.9 Å².